The number of hydrogen-bond donors (Lipinski definition) is 1. The summed E-state index contributed by atoms with van der Waals surface area (Å²) in [6.07, 6.45) is 0. The van der Waals surface area contributed by atoms with Crippen molar-refractivity contribution in [2.75, 3.05) is 7.11 Å². The average molecular weight is 330 g/mol. The van der Waals surface area contributed by atoms with E-state index in [9.17, 15) is 4.79 Å². The number of ether oxygens (including phenoxy) is 1. The first-order valence-corrected chi connectivity index (χ1v) is 8.11. The van der Waals surface area contributed by atoms with Gasteiger partial charge in [0.25, 0.3) is 0 Å². The molecule has 1 heterocycles. The zero-order valence-electron chi connectivity index (χ0n) is 13.9. The second-order valence-electron chi connectivity index (χ2n) is 6.02. The van der Waals surface area contributed by atoms with Crippen molar-refractivity contribution in [1.82, 2.24) is 4.57 Å². The van der Waals surface area contributed by atoms with Gasteiger partial charge in [-0.25, -0.2) is 0 Å². The Morgan fingerprint density at radius 1 is 1.00 bits per heavy atom. The van der Waals surface area contributed by atoms with Crippen LogP contribution in [0.15, 0.2) is 66.7 Å². The van der Waals surface area contributed by atoms with E-state index in [2.05, 4.69) is 16.7 Å². The lowest BCUT2D eigenvalue weighted by Crippen LogP contribution is -2.11. The fourth-order valence-electron chi connectivity index (χ4n) is 3.39. The number of primary amides is 1. The minimum Gasteiger partial charge on any atom is -0.497 e. The van der Waals surface area contributed by atoms with Crippen molar-refractivity contribution in [3.8, 4) is 5.75 Å². The molecule has 0 saturated heterocycles. The van der Waals surface area contributed by atoms with Crippen LogP contribution >= 0.6 is 0 Å². The number of carbonyl (C=O) groups is 1. The largest absolute Gasteiger partial charge is 0.497 e. The van der Waals surface area contributed by atoms with Crippen LogP contribution in [0.2, 0.25) is 0 Å². The third-order valence-corrected chi connectivity index (χ3v) is 4.55. The predicted molar refractivity (Wildman–Crippen MR) is 100 cm³/mol. The maximum absolute atomic E-state index is 11.9. The summed E-state index contributed by atoms with van der Waals surface area (Å²) in [4.78, 5) is 11.9. The van der Waals surface area contributed by atoms with Crippen LogP contribution in [0.3, 0.4) is 0 Å². The van der Waals surface area contributed by atoms with E-state index in [-0.39, 0.29) is 0 Å². The standard InChI is InChI=1S/C21H18N2O2/c1-25-15-10-11-16-19(12-15)23(13-14-6-3-2-4-7-14)18-9-5-8-17(20(16)18)21(22)24/h2-12H,13H2,1H3,(H2,22,24). The first-order valence-electron chi connectivity index (χ1n) is 8.11. The highest BCUT2D eigenvalue weighted by atomic mass is 16.5. The molecule has 0 unspecified atom stereocenters. The van der Waals surface area contributed by atoms with Crippen molar-refractivity contribution in [2.45, 2.75) is 6.54 Å². The Balaban J connectivity index is 2.07. The Bertz CT molecular complexity index is 1080. The van der Waals surface area contributed by atoms with Crippen LogP contribution in [0, 0.1) is 0 Å². The van der Waals surface area contributed by atoms with Crippen LogP contribution in [-0.4, -0.2) is 17.6 Å². The van der Waals surface area contributed by atoms with Crippen molar-refractivity contribution in [2.24, 2.45) is 5.73 Å². The third kappa shape index (κ3) is 2.52. The first kappa shape index (κ1) is 15.3. The van der Waals surface area contributed by atoms with Gasteiger partial charge in [0.1, 0.15) is 5.75 Å². The fourth-order valence-corrected chi connectivity index (χ4v) is 3.39. The molecule has 4 aromatic rings. The maximum atomic E-state index is 11.9. The number of aromatic nitrogens is 1. The van der Waals surface area contributed by atoms with Gasteiger partial charge < -0.3 is 15.0 Å². The van der Waals surface area contributed by atoms with Crippen molar-refractivity contribution in [3.63, 3.8) is 0 Å². The third-order valence-electron chi connectivity index (χ3n) is 4.55. The predicted octanol–water partition coefficient (Wildman–Crippen LogP) is 3.95. The molecule has 0 bridgehead atoms. The van der Waals surface area contributed by atoms with Crippen LogP contribution < -0.4 is 10.5 Å². The van der Waals surface area contributed by atoms with E-state index in [0.29, 0.717) is 12.1 Å². The number of amides is 1. The summed E-state index contributed by atoms with van der Waals surface area (Å²) in [5, 5.41) is 1.89. The summed E-state index contributed by atoms with van der Waals surface area (Å²) in [7, 11) is 1.65. The number of nitrogens with zero attached hydrogens (tertiary/aromatic N) is 1. The molecule has 0 spiro atoms. The molecular formula is C21H18N2O2. The molecule has 0 aliphatic carbocycles. The number of rotatable bonds is 4. The molecule has 4 nitrogen and oxygen atoms in total. The Morgan fingerprint density at radius 3 is 2.52 bits per heavy atom. The normalized spacial score (nSPS) is 11.1. The van der Waals surface area contributed by atoms with Gasteiger partial charge in [-0.05, 0) is 29.8 Å². The summed E-state index contributed by atoms with van der Waals surface area (Å²) in [5.74, 6) is 0.366. The van der Waals surface area contributed by atoms with Gasteiger partial charge in [-0.2, -0.15) is 0 Å². The lowest BCUT2D eigenvalue weighted by atomic mass is 10.1. The van der Waals surface area contributed by atoms with Gasteiger partial charge in [-0.3, -0.25) is 4.79 Å². The smallest absolute Gasteiger partial charge is 0.249 e. The molecule has 0 aliphatic rings. The summed E-state index contributed by atoms with van der Waals surface area (Å²) in [6.45, 7) is 0.705. The highest BCUT2D eigenvalue weighted by Crippen LogP contribution is 2.34. The zero-order valence-corrected chi connectivity index (χ0v) is 13.9. The SMILES string of the molecule is COc1ccc2c3c(C(N)=O)cccc3n(Cc3ccccc3)c2c1. The summed E-state index contributed by atoms with van der Waals surface area (Å²) >= 11 is 0. The number of benzene rings is 3. The lowest BCUT2D eigenvalue weighted by molar-refractivity contribution is 0.100. The lowest BCUT2D eigenvalue weighted by Gasteiger charge is -2.08. The van der Waals surface area contributed by atoms with E-state index in [1.807, 2.05) is 48.5 Å². The molecule has 1 amide bonds. The molecule has 25 heavy (non-hydrogen) atoms. The monoisotopic (exact) mass is 330 g/mol. The molecule has 1 aromatic heterocycles. The van der Waals surface area contributed by atoms with Crippen molar-refractivity contribution in [3.05, 3.63) is 77.9 Å². The molecule has 0 aliphatic heterocycles. The Kier molecular flexibility index (Phi) is 3.65. The van der Waals surface area contributed by atoms with Gasteiger partial charge in [0.2, 0.25) is 5.91 Å². The Hall–Kier alpha value is -3.27. The highest BCUT2D eigenvalue weighted by molar-refractivity contribution is 6.18. The number of nitrogens with two attached hydrogens (primary N) is 1. The van der Waals surface area contributed by atoms with Crippen molar-refractivity contribution >= 4 is 27.7 Å². The number of hydrogen-bond acceptors (Lipinski definition) is 2. The number of methoxy groups -OCH3 is 1. The molecule has 0 saturated carbocycles. The summed E-state index contributed by atoms with van der Waals surface area (Å²) in [5.41, 5.74) is 9.36. The quantitative estimate of drug-likeness (QED) is 0.616. The minimum absolute atomic E-state index is 0.417. The molecule has 0 fully saturated rings. The van der Waals surface area contributed by atoms with Gasteiger partial charge in [0.15, 0.2) is 0 Å². The van der Waals surface area contributed by atoms with E-state index in [0.717, 1.165) is 27.6 Å². The van der Waals surface area contributed by atoms with E-state index in [1.165, 1.54) is 5.56 Å². The van der Waals surface area contributed by atoms with Gasteiger partial charge in [0, 0.05) is 28.9 Å². The van der Waals surface area contributed by atoms with Gasteiger partial charge >= 0.3 is 0 Å². The highest BCUT2D eigenvalue weighted by Gasteiger charge is 2.17. The minimum atomic E-state index is -0.417. The van der Waals surface area contributed by atoms with Crippen LogP contribution in [0.4, 0.5) is 0 Å². The Morgan fingerprint density at radius 2 is 1.80 bits per heavy atom. The van der Waals surface area contributed by atoms with E-state index in [4.69, 9.17) is 10.5 Å². The second kappa shape index (κ2) is 5.98. The van der Waals surface area contributed by atoms with Crippen LogP contribution in [-0.2, 0) is 6.54 Å². The van der Waals surface area contributed by atoms with E-state index in [1.54, 1.807) is 13.2 Å². The van der Waals surface area contributed by atoms with E-state index >= 15 is 0 Å². The molecule has 3 aromatic carbocycles. The number of fused-ring (bicyclic) bond motifs is 3. The van der Waals surface area contributed by atoms with Crippen LogP contribution in [0.5, 0.6) is 5.75 Å². The van der Waals surface area contributed by atoms with Crippen LogP contribution in [0.25, 0.3) is 21.8 Å². The molecular weight excluding hydrogens is 312 g/mol. The molecule has 0 atom stereocenters. The van der Waals surface area contributed by atoms with Crippen LogP contribution in [0.1, 0.15) is 15.9 Å². The van der Waals surface area contributed by atoms with Gasteiger partial charge in [0.05, 0.1) is 18.1 Å². The maximum Gasteiger partial charge on any atom is 0.249 e. The zero-order chi connectivity index (χ0) is 17.4. The fraction of sp³-hybridized carbons (Fsp3) is 0.0952. The topological polar surface area (TPSA) is 57.2 Å². The molecule has 2 N–H and O–H groups in total. The average Bonchev–Trinajstić information content (AvgIpc) is 2.95. The molecule has 4 rings (SSSR count). The van der Waals surface area contributed by atoms with E-state index < -0.39 is 5.91 Å². The first-order chi connectivity index (χ1) is 12.2. The Labute approximate surface area is 145 Å². The summed E-state index contributed by atoms with van der Waals surface area (Å²) in [6, 6.07) is 21.8. The number of carbonyl (C=O) groups excluding carboxylic acids is 1. The van der Waals surface area contributed by atoms with Crippen molar-refractivity contribution in [1.29, 1.82) is 0 Å². The second-order valence-corrected chi connectivity index (χ2v) is 6.02. The molecule has 0 radical (unpaired) electrons. The summed E-state index contributed by atoms with van der Waals surface area (Å²) < 4.78 is 7.60. The molecule has 4 heteroatoms. The van der Waals surface area contributed by atoms with Crippen molar-refractivity contribution < 1.29 is 9.53 Å². The van der Waals surface area contributed by atoms with Gasteiger partial charge in [-0.15, -0.1) is 0 Å². The van der Waals surface area contributed by atoms with Gasteiger partial charge in [-0.1, -0.05) is 36.4 Å². The molecule has 124 valence electrons.